The molecule has 3 heterocycles. The van der Waals surface area contributed by atoms with Crippen molar-refractivity contribution in [2.45, 2.75) is 13.2 Å². The number of nitrogens with zero attached hydrogens (tertiary/aromatic N) is 4. The summed E-state index contributed by atoms with van der Waals surface area (Å²) in [5.41, 5.74) is 8.41. The molecule has 0 amide bonds. The summed E-state index contributed by atoms with van der Waals surface area (Å²) < 4.78 is 5.78. The van der Waals surface area contributed by atoms with E-state index < -0.39 is 0 Å². The van der Waals surface area contributed by atoms with Crippen LogP contribution in [0.5, 0.6) is 5.88 Å². The van der Waals surface area contributed by atoms with E-state index in [2.05, 4.69) is 25.3 Å². The molecule has 0 saturated heterocycles. The number of ether oxygens (including phenoxy) is 1. The Morgan fingerprint density at radius 3 is 2.70 bits per heavy atom. The molecule has 0 fully saturated rings. The summed E-state index contributed by atoms with van der Waals surface area (Å²) in [4.78, 5) is 16.9. The largest absolute Gasteiger partial charge is 0.473 e. The highest BCUT2D eigenvalue weighted by Gasteiger charge is 2.06. The first kappa shape index (κ1) is 16.7. The van der Waals surface area contributed by atoms with Gasteiger partial charge in [0, 0.05) is 18.8 Å². The van der Waals surface area contributed by atoms with Crippen LogP contribution in [0, 0.1) is 0 Å². The van der Waals surface area contributed by atoms with Crippen molar-refractivity contribution < 1.29 is 4.74 Å². The van der Waals surface area contributed by atoms with Crippen molar-refractivity contribution >= 4 is 22.7 Å². The molecule has 0 unspecified atom stereocenters. The van der Waals surface area contributed by atoms with Gasteiger partial charge in [-0.25, -0.2) is 19.9 Å². The van der Waals surface area contributed by atoms with Gasteiger partial charge in [-0.05, 0) is 29.3 Å². The summed E-state index contributed by atoms with van der Waals surface area (Å²) in [5, 5.41) is 4.13. The van der Waals surface area contributed by atoms with Gasteiger partial charge in [0.05, 0.1) is 5.39 Å². The smallest absolute Gasteiger partial charge is 0.213 e. The first-order chi connectivity index (χ1) is 13.3. The molecule has 0 atom stereocenters. The first-order valence-corrected chi connectivity index (χ1v) is 8.51. The quantitative estimate of drug-likeness (QED) is 0.546. The Hall–Kier alpha value is -3.74. The Balaban J connectivity index is 1.44. The highest BCUT2D eigenvalue weighted by Crippen LogP contribution is 2.20. The number of hydrogen-bond donors (Lipinski definition) is 2. The van der Waals surface area contributed by atoms with Crippen LogP contribution >= 0.6 is 0 Å². The van der Waals surface area contributed by atoms with E-state index in [0.29, 0.717) is 36.3 Å². The van der Waals surface area contributed by atoms with Crippen LogP contribution in [0.4, 0.5) is 11.6 Å². The molecule has 4 aromatic rings. The van der Waals surface area contributed by atoms with Crippen LogP contribution in [0.1, 0.15) is 11.1 Å². The number of nitrogens with two attached hydrogens (primary N) is 1. The molecule has 1 aromatic carbocycles. The van der Waals surface area contributed by atoms with Crippen LogP contribution in [0.25, 0.3) is 11.0 Å². The number of aromatic nitrogens is 4. The Morgan fingerprint density at radius 1 is 0.926 bits per heavy atom. The second-order valence-corrected chi connectivity index (χ2v) is 5.96. The molecule has 7 heteroatoms. The van der Waals surface area contributed by atoms with Gasteiger partial charge in [-0.1, -0.05) is 30.3 Å². The molecule has 27 heavy (non-hydrogen) atoms. The van der Waals surface area contributed by atoms with Crippen molar-refractivity contribution in [3.63, 3.8) is 0 Å². The fourth-order valence-electron chi connectivity index (χ4n) is 2.65. The highest BCUT2D eigenvalue weighted by atomic mass is 16.5. The SMILES string of the molecule is Nc1ccc2c(NCc3ccnc(OCc4ccccc4)c3)ncnc2n1. The second-order valence-electron chi connectivity index (χ2n) is 5.96. The molecule has 0 spiro atoms. The van der Waals surface area contributed by atoms with Crippen molar-refractivity contribution in [3.8, 4) is 5.88 Å². The predicted octanol–water partition coefficient (Wildman–Crippen LogP) is 3.19. The maximum atomic E-state index is 5.78. The summed E-state index contributed by atoms with van der Waals surface area (Å²) in [6, 6.07) is 17.4. The van der Waals surface area contributed by atoms with Crippen LogP contribution in [-0.4, -0.2) is 19.9 Å². The lowest BCUT2D eigenvalue weighted by Gasteiger charge is -2.10. The second kappa shape index (κ2) is 7.65. The third-order valence-corrected chi connectivity index (χ3v) is 4.01. The third kappa shape index (κ3) is 4.09. The lowest BCUT2D eigenvalue weighted by atomic mass is 10.2. The molecule has 0 bridgehead atoms. The lowest BCUT2D eigenvalue weighted by Crippen LogP contribution is -2.04. The average Bonchev–Trinajstić information content (AvgIpc) is 2.71. The van der Waals surface area contributed by atoms with Crippen LogP contribution in [-0.2, 0) is 13.2 Å². The number of nitrogens with one attached hydrogen (secondary N) is 1. The molecule has 4 rings (SSSR count). The minimum Gasteiger partial charge on any atom is -0.473 e. The van der Waals surface area contributed by atoms with E-state index in [4.69, 9.17) is 10.5 Å². The summed E-state index contributed by atoms with van der Waals surface area (Å²) in [7, 11) is 0. The standard InChI is InChI=1S/C20H18N6O/c21-17-7-6-16-19(24-13-25-20(16)26-17)23-11-15-8-9-22-18(10-15)27-12-14-4-2-1-3-5-14/h1-10,13H,11-12H2,(H3,21,23,24,25,26). The summed E-state index contributed by atoms with van der Waals surface area (Å²) in [5.74, 6) is 1.72. The Labute approximate surface area is 156 Å². The fraction of sp³-hybridized carbons (Fsp3) is 0.100. The molecule has 3 N–H and O–H groups in total. The zero-order valence-electron chi connectivity index (χ0n) is 14.5. The van der Waals surface area contributed by atoms with Gasteiger partial charge in [0.25, 0.3) is 0 Å². The van der Waals surface area contributed by atoms with Gasteiger partial charge in [0.1, 0.15) is 24.6 Å². The molecule has 0 saturated carbocycles. The topological polar surface area (TPSA) is 98.8 Å². The van der Waals surface area contributed by atoms with Gasteiger partial charge in [-0.2, -0.15) is 0 Å². The van der Waals surface area contributed by atoms with Crippen molar-refractivity contribution in [1.29, 1.82) is 0 Å². The first-order valence-electron chi connectivity index (χ1n) is 8.51. The minimum atomic E-state index is 0.432. The maximum Gasteiger partial charge on any atom is 0.213 e. The number of benzene rings is 1. The zero-order chi connectivity index (χ0) is 18.5. The maximum absolute atomic E-state index is 5.78. The number of hydrogen-bond acceptors (Lipinski definition) is 7. The van der Waals surface area contributed by atoms with E-state index in [1.807, 2.05) is 48.5 Å². The van der Waals surface area contributed by atoms with E-state index in [1.54, 1.807) is 12.3 Å². The molecule has 0 aliphatic heterocycles. The monoisotopic (exact) mass is 358 g/mol. The normalized spacial score (nSPS) is 10.7. The molecular weight excluding hydrogens is 340 g/mol. The fourth-order valence-corrected chi connectivity index (χ4v) is 2.65. The van der Waals surface area contributed by atoms with Crippen molar-refractivity contribution in [2.24, 2.45) is 0 Å². The number of nitrogen functional groups attached to an aromatic ring is 1. The van der Waals surface area contributed by atoms with E-state index in [1.165, 1.54) is 6.33 Å². The molecule has 3 aromatic heterocycles. The number of fused-ring (bicyclic) bond motifs is 1. The molecule has 7 nitrogen and oxygen atoms in total. The highest BCUT2D eigenvalue weighted by molar-refractivity contribution is 5.87. The Bertz CT molecular complexity index is 1050. The molecule has 0 aliphatic rings. The van der Waals surface area contributed by atoms with Gasteiger partial charge in [0.15, 0.2) is 5.65 Å². The van der Waals surface area contributed by atoms with Gasteiger partial charge in [-0.3, -0.25) is 0 Å². The number of pyridine rings is 2. The summed E-state index contributed by atoms with van der Waals surface area (Å²) in [6.07, 6.45) is 3.20. The zero-order valence-corrected chi connectivity index (χ0v) is 14.5. The summed E-state index contributed by atoms with van der Waals surface area (Å²) >= 11 is 0. The van der Waals surface area contributed by atoms with Gasteiger partial charge < -0.3 is 15.8 Å². The molecule has 0 aliphatic carbocycles. The third-order valence-electron chi connectivity index (χ3n) is 4.01. The van der Waals surface area contributed by atoms with Crippen LogP contribution in [0.2, 0.25) is 0 Å². The Kier molecular flexibility index (Phi) is 4.74. The number of rotatable bonds is 6. The lowest BCUT2D eigenvalue weighted by molar-refractivity contribution is 0.293. The van der Waals surface area contributed by atoms with Gasteiger partial charge in [0.2, 0.25) is 5.88 Å². The predicted molar refractivity (Wildman–Crippen MR) is 104 cm³/mol. The van der Waals surface area contributed by atoms with Crippen LogP contribution in [0.15, 0.2) is 67.1 Å². The van der Waals surface area contributed by atoms with Crippen molar-refractivity contribution in [1.82, 2.24) is 19.9 Å². The molecule has 0 radical (unpaired) electrons. The van der Waals surface area contributed by atoms with E-state index >= 15 is 0 Å². The molecule has 134 valence electrons. The van der Waals surface area contributed by atoms with E-state index in [0.717, 1.165) is 16.5 Å². The van der Waals surface area contributed by atoms with Crippen LogP contribution in [0.3, 0.4) is 0 Å². The van der Waals surface area contributed by atoms with Crippen molar-refractivity contribution in [2.75, 3.05) is 11.1 Å². The Morgan fingerprint density at radius 2 is 1.81 bits per heavy atom. The van der Waals surface area contributed by atoms with E-state index in [-0.39, 0.29) is 0 Å². The number of anilines is 2. The average molecular weight is 358 g/mol. The summed E-state index contributed by atoms with van der Waals surface area (Å²) in [6.45, 7) is 1.05. The van der Waals surface area contributed by atoms with Crippen molar-refractivity contribution in [3.05, 3.63) is 78.2 Å². The molecular formula is C20H18N6O. The van der Waals surface area contributed by atoms with Gasteiger partial charge in [-0.15, -0.1) is 0 Å². The van der Waals surface area contributed by atoms with Gasteiger partial charge >= 0.3 is 0 Å². The minimum absolute atomic E-state index is 0.432. The van der Waals surface area contributed by atoms with Crippen LogP contribution < -0.4 is 15.8 Å². The van der Waals surface area contributed by atoms with E-state index in [9.17, 15) is 0 Å².